The molecular weight excluding hydrogens is 282 g/mol. The molecule has 0 spiro atoms. The average molecular weight is 307 g/mol. The molecule has 22 heavy (non-hydrogen) atoms. The summed E-state index contributed by atoms with van der Waals surface area (Å²) < 4.78 is 15.7. The Hall–Kier alpha value is -1.95. The largest absolute Gasteiger partial charge is 0.454 e. The number of methoxy groups -OCH3 is 1. The molecule has 0 bridgehead atoms. The fraction of sp³-hybridized carbons (Fsp3) is 0.562. The molecule has 2 N–H and O–H groups in total. The van der Waals surface area contributed by atoms with E-state index in [0.29, 0.717) is 13.3 Å². The summed E-state index contributed by atoms with van der Waals surface area (Å²) in [6.07, 6.45) is 3.36. The number of rotatable bonds is 8. The Kier molecular flexibility index (Phi) is 6.83. The van der Waals surface area contributed by atoms with E-state index < -0.39 is 0 Å². The van der Waals surface area contributed by atoms with Crippen LogP contribution in [0.15, 0.2) is 23.2 Å². The Morgan fingerprint density at radius 3 is 2.86 bits per heavy atom. The minimum Gasteiger partial charge on any atom is -0.454 e. The van der Waals surface area contributed by atoms with Crippen LogP contribution in [-0.2, 0) is 11.3 Å². The van der Waals surface area contributed by atoms with Gasteiger partial charge in [0.2, 0.25) is 6.79 Å². The van der Waals surface area contributed by atoms with Crippen molar-refractivity contribution in [2.24, 2.45) is 4.99 Å². The summed E-state index contributed by atoms with van der Waals surface area (Å²) in [6.45, 7) is 2.74. The van der Waals surface area contributed by atoms with Crippen molar-refractivity contribution in [1.82, 2.24) is 10.6 Å². The van der Waals surface area contributed by atoms with Crippen molar-refractivity contribution >= 4 is 5.96 Å². The normalized spacial score (nSPS) is 13.3. The van der Waals surface area contributed by atoms with E-state index in [0.717, 1.165) is 55.4 Å². The lowest BCUT2D eigenvalue weighted by Crippen LogP contribution is -2.37. The molecule has 1 aliphatic rings. The van der Waals surface area contributed by atoms with E-state index in [4.69, 9.17) is 14.2 Å². The Bertz CT molecular complexity index is 492. The average Bonchev–Trinajstić information content (AvgIpc) is 3.01. The molecule has 0 fully saturated rings. The predicted molar refractivity (Wildman–Crippen MR) is 86.5 cm³/mol. The molecule has 1 heterocycles. The quantitative estimate of drug-likeness (QED) is 0.436. The van der Waals surface area contributed by atoms with E-state index in [-0.39, 0.29) is 0 Å². The van der Waals surface area contributed by atoms with Crippen LogP contribution in [0, 0.1) is 0 Å². The molecule has 1 aromatic rings. The minimum atomic E-state index is 0.304. The highest BCUT2D eigenvalue weighted by molar-refractivity contribution is 5.79. The fourth-order valence-corrected chi connectivity index (χ4v) is 2.21. The monoisotopic (exact) mass is 307 g/mol. The van der Waals surface area contributed by atoms with Crippen molar-refractivity contribution in [3.05, 3.63) is 23.8 Å². The maximum Gasteiger partial charge on any atom is 0.231 e. The van der Waals surface area contributed by atoms with Crippen molar-refractivity contribution in [3.8, 4) is 11.5 Å². The lowest BCUT2D eigenvalue weighted by molar-refractivity contribution is 0.174. The zero-order chi connectivity index (χ0) is 15.6. The van der Waals surface area contributed by atoms with Crippen LogP contribution < -0.4 is 20.1 Å². The van der Waals surface area contributed by atoms with Crippen LogP contribution >= 0.6 is 0 Å². The third-order valence-corrected chi connectivity index (χ3v) is 3.44. The third kappa shape index (κ3) is 5.11. The Morgan fingerprint density at radius 1 is 1.18 bits per heavy atom. The van der Waals surface area contributed by atoms with Gasteiger partial charge in [-0.3, -0.25) is 4.99 Å². The van der Waals surface area contributed by atoms with Crippen LogP contribution in [0.25, 0.3) is 0 Å². The van der Waals surface area contributed by atoms with Crippen molar-refractivity contribution in [3.63, 3.8) is 0 Å². The van der Waals surface area contributed by atoms with E-state index in [2.05, 4.69) is 15.6 Å². The number of nitrogens with one attached hydrogen (secondary N) is 2. The fourth-order valence-electron chi connectivity index (χ4n) is 2.21. The van der Waals surface area contributed by atoms with Gasteiger partial charge in [-0.05, 0) is 37.0 Å². The lowest BCUT2D eigenvalue weighted by atomic mass is 10.2. The molecule has 0 aliphatic carbocycles. The van der Waals surface area contributed by atoms with E-state index in [1.54, 1.807) is 14.2 Å². The number of guanidine groups is 1. The summed E-state index contributed by atoms with van der Waals surface area (Å²) in [5.74, 6) is 2.42. The van der Waals surface area contributed by atoms with Crippen LogP contribution in [0.1, 0.15) is 24.8 Å². The molecule has 0 unspecified atom stereocenters. The van der Waals surface area contributed by atoms with Gasteiger partial charge in [-0.1, -0.05) is 6.07 Å². The van der Waals surface area contributed by atoms with E-state index >= 15 is 0 Å². The van der Waals surface area contributed by atoms with Gasteiger partial charge in [0.1, 0.15) is 0 Å². The number of nitrogens with zero attached hydrogens (tertiary/aromatic N) is 1. The van der Waals surface area contributed by atoms with Gasteiger partial charge in [-0.2, -0.15) is 0 Å². The lowest BCUT2D eigenvalue weighted by Gasteiger charge is -2.12. The predicted octanol–water partition coefficient (Wildman–Crippen LogP) is 1.90. The molecule has 6 nitrogen and oxygen atoms in total. The summed E-state index contributed by atoms with van der Waals surface area (Å²) in [4.78, 5) is 4.22. The zero-order valence-electron chi connectivity index (χ0n) is 13.4. The first-order valence-corrected chi connectivity index (χ1v) is 7.65. The third-order valence-electron chi connectivity index (χ3n) is 3.44. The molecule has 122 valence electrons. The second-order valence-corrected chi connectivity index (χ2v) is 5.09. The van der Waals surface area contributed by atoms with Crippen molar-refractivity contribution < 1.29 is 14.2 Å². The van der Waals surface area contributed by atoms with Crippen LogP contribution in [0.2, 0.25) is 0 Å². The molecule has 0 aromatic heterocycles. The molecule has 2 rings (SSSR count). The van der Waals surface area contributed by atoms with Crippen molar-refractivity contribution in [2.45, 2.75) is 25.8 Å². The first kappa shape index (κ1) is 16.4. The Morgan fingerprint density at radius 2 is 2.05 bits per heavy atom. The number of benzene rings is 1. The second kappa shape index (κ2) is 9.15. The number of ether oxygens (including phenoxy) is 3. The zero-order valence-corrected chi connectivity index (χ0v) is 13.4. The molecule has 0 radical (unpaired) electrons. The molecule has 0 saturated heterocycles. The first-order valence-electron chi connectivity index (χ1n) is 7.65. The van der Waals surface area contributed by atoms with Gasteiger partial charge in [-0.15, -0.1) is 0 Å². The van der Waals surface area contributed by atoms with Gasteiger partial charge >= 0.3 is 0 Å². The second-order valence-electron chi connectivity index (χ2n) is 5.09. The summed E-state index contributed by atoms with van der Waals surface area (Å²) in [7, 11) is 3.51. The van der Waals surface area contributed by atoms with Gasteiger partial charge in [-0.25, -0.2) is 0 Å². The SMILES string of the molecule is CN=C(NCCCCCOC)NCc1ccc2c(c1)OCO2. The van der Waals surface area contributed by atoms with E-state index in [1.165, 1.54) is 0 Å². The molecular formula is C16H25N3O3. The van der Waals surface area contributed by atoms with Gasteiger partial charge < -0.3 is 24.8 Å². The minimum absolute atomic E-state index is 0.304. The molecule has 6 heteroatoms. The Labute approximate surface area is 131 Å². The van der Waals surface area contributed by atoms with Crippen LogP contribution in [0.3, 0.4) is 0 Å². The van der Waals surface area contributed by atoms with E-state index in [1.807, 2.05) is 18.2 Å². The Balaban J connectivity index is 1.68. The summed E-state index contributed by atoms with van der Waals surface area (Å²) in [5.41, 5.74) is 1.13. The van der Waals surface area contributed by atoms with Crippen LogP contribution in [0.4, 0.5) is 0 Å². The maximum absolute atomic E-state index is 5.38. The number of hydrogen-bond donors (Lipinski definition) is 2. The molecule has 1 aromatic carbocycles. The summed E-state index contributed by atoms with van der Waals surface area (Å²) in [6, 6.07) is 5.96. The van der Waals surface area contributed by atoms with Crippen LogP contribution in [0.5, 0.6) is 11.5 Å². The number of fused-ring (bicyclic) bond motifs is 1. The highest BCUT2D eigenvalue weighted by Gasteiger charge is 2.13. The van der Waals surface area contributed by atoms with Gasteiger partial charge in [0, 0.05) is 33.9 Å². The van der Waals surface area contributed by atoms with Crippen molar-refractivity contribution in [2.75, 3.05) is 34.1 Å². The highest BCUT2D eigenvalue weighted by atomic mass is 16.7. The maximum atomic E-state index is 5.38. The smallest absolute Gasteiger partial charge is 0.231 e. The molecule has 1 aliphatic heterocycles. The van der Waals surface area contributed by atoms with E-state index in [9.17, 15) is 0 Å². The van der Waals surface area contributed by atoms with Gasteiger partial charge in [0.15, 0.2) is 17.5 Å². The summed E-state index contributed by atoms with van der Waals surface area (Å²) >= 11 is 0. The highest BCUT2D eigenvalue weighted by Crippen LogP contribution is 2.32. The van der Waals surface area contributed by atoms with Gasteiger partial charge in [0.05, 0.1) is 0 Å². The van der Waals surface area contributed by atoms with Gasteiger partial charge in [0.25, 0.3) is 0 Å². The standard InChI is InChI=1S/C16H25N3O3/c1-17-16(18-8-4-3-5-9-20-2)19-11-13-6-7-14-15(10-13)22-12-21-14/h6-7,10H,3-5,8-9,11-12H2,1-2H3,(H2,17,18,19). The molecule has 0 atom stereocenters. The molecule has 0 saturated carbocycles. The summed E-state index contributed by atoms with van der Waals surface area (Å²) in [5, 5.41) is 6.61. The molecule has 0 amide bonds. The number of unbranched alkanes of at least 4 members (excludes halogenated alkanes) is 2. The first-order chi connectivity index (χ1) is 10.8. The number of aliphatic imine (C=N–C) groups is 1. The van der Waals surface area contributed by atoms with Crippen LogP contribution in [-0.4, -0.2) is 40.1 Å². The number of hydrogen-bond acceptors (Lipinski definition) is 4. The van der Waals surface area contributed by atoms with Crippen molar-refractivity contribution in [1.29, 1.82) is 0 Å². The topological polar surface area (TPSA) is 64.1 Å².